The molecule has 1 aliphatic heterocycles. The van der Waals surface area contributed by atoms with Gasteiger partial charge in [-0.3, -0.25) is 4.79 Å². The zero-order valence-corrected chi connectivity index (χ0v) is 14.3. The lowest BCUT2D eigenvalue weighted by atomic mass is 10.1. The third kappa shape index (κ3) is 4.14. The standard InChI is InChI=1S/C15H17N3O3S2/c1-2-7-22-15-18-17-14(23-15)16-9-11(19)10-3-4-12-13(8-10)21-6-5-20-12/h3-4,8H,2,5-7,9H2,1H3,(H,16,17). The van der Waals surface area contributed by atoms with Crippen LogP contribution >= 0.6 is 23.1 Å². The van der Waals surface area contributed by atoms with E-state index in [-0.39, 0.29) is 12.3 Å². The van der Waals surface area contributed by atoms with Crippen LogP contribution in [0.15, 0.2) is 22.5 Å². The molecule has 0 fully saturated rings. The van der Waals surface area contributed by atoms with Gasteiger partial charge in [-0.1, -0.05) is 30.0 Å². The Bertz CT molecular complexity index is 690. The summed E-state index contributed by atoms with van der Waals surface area (Å²) >= 11 is 3.14. The van der Waals surface area contributed by atoms with Gasteiger partial charge >= 0.3 is 0 Å². The van der Waals surface area contributed by atoms with Crippen LogP contribution in [0.4, 0.5) is 5.13 Å². The van der Waals surface area contributed by atoms with Gasteiger partial charge in [-0.05, 0) is 24.6 Å². The van der Waals surface area contributed by atoms with E-state index in [9.17, 15) is 4.79 Å². The van der Waals surface area contributed by atoms with Gasteiger partial charge in [0.1, 0.15) is 13.2 Å². The highest BCUT2D eigenvalue weighted by Crippen LogP contribution is 2.31. The van der Waals surface area contributed by atoms with E-state index in [2.05, 4.69) is 22.4 Å². The average molecular weight is 351 g/mol. The van der Waals surface area contributed by atoms with Crippen LogP contribution in [0.2, 0.25) is 0 Å². The van der Waals surface area contributed by atoms with Crippen LogP contribution in [0.1, 0.15) is 23.7 Å². The number of carbonyl (C=O) groups excluding carboxylic acids is 1. The molecule has 0 saturated carbocycles. The van der Waals surface area contributed by atoms with E-state index in [1.165, 1.54) is 11.3 Å². The number of aromatic nitrogens is 2. The quantitative estimate of drug-likeness (QED) is 0.607. The maximum Gasteiger partial charge on any atom is 0.206 e. The first-order valence-electron chi connectivity index (χ1n) is 7.39. The summed E-state index contributed by atoms with van der Waals surface area (Å²) in [6, 6.07) is 5.24. The molecule has 2 aromatic rings. The van der Waals surface area contributed by atoms with Crippen molar-refractivity contribution in [3.05, 3.63) is 23.8 Å². The van der Waals surface area contributed by atoms with E-state index in [0.29, 0.717) is 35.4 Å². The van der Waals surface area contributed by atoms with E-state index < -0.39 is 0 Å². The van der Waals surface area contributed by atoms with E-state index in [0.717, 1.165) is 16.5 Å². The summed E-state index contributed by atoms with van der Waals surface area (Å²) in [4.78, 5) is 12.3. The first-order chi connectivity index (χ1) is 11.3. The van der Waals surface area contributed by atoms with Crippen LogP contribution < -0.4 is 14.8 Å². The lowest BCUT2D eigenvalue weighted by Crippen LogP contribution is -2.17. The van der Waals surface area contributed by atoms with Gasteiger partial charge in [0.15, 0.2) is 21.6 Å². The fourth-order valence-electron chi connectivity index (χ4n) is 2.00. The second-order valence-corrected chi connectivity index (χ2v) is 7.18. The Morgan fingerprint density at radius 3 is 2.96 bits per heavy atom. The lowest BCUT2D eigenvalue weighted by Gasteiger charge is -2.18. The topological polar surface area (TPSA) is 73.3 Å². The maximum absolute atomic E-state index is 12.3. The van der Waals surface area contributed by atoms with Crippen LogP contribution in [0, 0.1) is 0 Å². The zero-order chi connectivity index (χ0) is 16.1. The summed E-state index contributed by atoms with van der Waals surface area (Å²) in [5.41, 5.74) is 0.590. The Kier molecular flexibility index (Phi) is 5.35. The molecule has 0 radical (unpaired) electrons. The summed E-state index contributed by atoms with van der Waals surface area (Å²) in [5, 5.41) is 11.8. The largest absolute Gasteiger partial charge is 0.486 e. The summed E-state index contributed by atoms with van der Waals surface area (Å²) in [5.74, 6) is 2.30. The number of Topliss-reactive ketones (excluding diaryl/α,β-unsaturated/α-hetero) is 1. The molecule has 0 bridgehead atoms. The normalized spacial score (nSPS) is 12.9. The number of ketones is 1. The summed E-state index contributed by atoms with van der Waals surface area (Å²) < 4.78 is 11.9. The fraction of sp³-hybridized carbons (Fsp3) is 0.400. The van der Waals surface area contributed by atoms with Gasteiger partial charge in [-0.15, -0.1) is 10.2 Å². The van der Waals surface area contributed by atoms with Crippen molar-refractivity contribution in [2.75, 3.05) is 30.8 Å². The average Bonchev–Trinajstić information content (AvgIpc) is 3.05. The minimum atomic E-state index is -0.0278. The van der Waals surface area contributed by atoms with Crippen LogP contribution in [-0.2, 0) is 0 Å². The number of nitrogens with zero attached hydrogens (tertiary/aromatic N) is 2. The molecule has 0 unspecified atom stereocenters. The number of thioether (sulfide) groups is 1. The number of fused-ring (bicyclic) bond motifs is 1. The molecule has 0 amide bonds. The Labute approximate surface area is 142 Å². The number of nitrogens with one attached hydrogen (secondary N) is 1. The Morgan fingerprint density at radius 1 is 1.30 bits per heavy atom. The molecule has 2 heterocycles. The molecule has 0 spiro atoms. The molecular weight excluding hydrogens is 334 g/mol. The molecule has 8 heteroatoms. The highest BCUT2D eigenvalue weighted by Gasteiger charge is 2.15. The number of anilines is 1. The van der Waals surface area contributed by atoms with Crippen molar-refractivity contribution in [2.24, 2.45) is 0 Å². The number of ether oxygens (including phenoxy) is 2. The van der Waals surface area contributed by atoms with Gasteiger partial charge in [-0.2, -0.15) is 0 Å². The van der Waals surface area contributed by atoms with E-state index >= 15 is 0 Å². The molecule has 0 atom stereocenters. The van der Waals surface area contributed by atoms with E-state index in [1.54, 1.807) is 30.0 Å². The number of rotatable bonds is 7. The number of hydrogen-bond acceptors (Lipinski definition) is 8. The molecule has 23 heavy (non-hydrogen) atoms. The molecule has 3 rings (SSSR count). The van der Waals surface area contributed by atoms with Crippen molar-refractivity contribution in [2.45, 2.75) is 17.7 Å². The Balaban J connectivity index is 1.57. The lowest BCUT2D eigenvalue weighted by molar-refractivity contribution is 0.100. The number of benzene rings is 1. The molecule has 0 aliphatic carbocycles. The predicted molar refractivity (Wildman–Crippen MR) is 91.2 cm³/mol. The Hall–Kier alpha value is -1.80. The molecular formula is C15H17N3O3S2. The van der Waals surface area contributed by atoms with Crippen LogP contribution in [0.3, 0.4) is 0 Å². The molecule has 1 aromatic carbocycles. The van der Waals surface area contributed by atoms with Gasteiger partial charge in [0.25, 0.3) is 0 Å². The highest BCUT2D eigenvalue weighted by atomic mass is 32.2. The fourth-order valence-corrected chi connectivity index (χ4v) is 3.68. The molecule has 6 nitrogen and oxygen atoms in total. The van der Waals surface area contributed by atoms with Gasteiger partial charge in [0.2, 0.25) is 5.13 Å². The smallest absolute Gasteiger partial charge is 0.206 e. The molecule has 122 valence electrons. The third-order valence-corrected chi connectivity index (χ3v) is 5.32. The molecule has 1 aliphatic rings. The van der Waals surface area contributed by atoms with Crippen molar-refractivity contribution in [1.29, 1.82) is 0 Å². The highest BCUT2D eigenvalue weighted by molar-refractivity contribution is 8.01. The van der Waals surface area contributed by atoms with Crippen LogP contribution in [0.5, 0.6) is 11.5 Å². The second kappa shape index (κ2) is 7.65. The second-order valence-electron chi connectivity index (χ2n) is 4.86. The number of hydrogen-bond donors (Lipinski definition) is 1. The summed E-state index contributed by atoms with van der Waals surface area (Å²) in [6.45, 7) is 3.34. The summed E-state index contributed by atoms with van der Waals surface area (Å²) in [7, 11) is 0. The maximum atomic E-state index is 12.3. The van der Waals surface area contributed by atoms with Crippen molar-refractivity contribution < 1.29 is 14.3 Å². The first-order valence-corrected chi connectivity index (χ1v) is 9.19. The zero-order valence-electron chi connectivity index (χ0n) is 12.7. The van der Waals surface area contributed by atoms with Gasteiger partial charge < -0.3 is 14.8 Å². The Morgan fingerprint density at radius 2 is 2.13 bits per heavy atom. The van der Waals surface area contributed by atoms with Crippen molar-refractivity contribution in [3.63, 3.8) is 0 Å². The number of carbonyl (C=O) groups is 1. The van der Waals surface area contributed by atoms with Crippen molar-refractivity contribution >= 4 is 34.0 Å². The van der Waals surface area contributed by atoms with Gasteiger partial charge in [0, 0.05) is 11.3 Å². The predicted octanol–water partition coefficient (Wildman–Crippen LogP) is 3.11. The van der Waals surface area contributed by atoms with E-state index in [4.69, 9.17) is 9.47 Å². The third-order valence-electron chi connectivity index (χ3n) is 3.10. The van der Waals surface area contributed by atoms with Gasteiger partial charge in [0.05, 0.1) is 6.54 Å². The minimum absolute atomic E-state index is 0.0278. The molecule has 1 N–H and O–H groups in total. The SMILES string of the molecule is CCCSc1nnc(NCC(=O)c2ccc3c(c2)OCCO3)s1. The van der Waals surface area contributed by atoms with Crippen LogP contribution in [0.25, 0.3) is 0 Å². The van der Waals surface area contributed by atoms with Crippen molar-refractivity contribution in [3.8, 4) is 11.5 Å². The van der Waals surface area contributed by atoms with Crippen LogP contribution in [-0.4, -0.2) is 41.5 Å². The minimum Gasteiger partial charge on any atom is -0.486 e. The van der Waals surface area contributed by atoms with Gasteiger partial charge in [-0.25, -0.2) is 0 Å². The monoisotopic (exact) mass is 351 g/mol. The first kappa shape index (κ1) is 16.1. The van der Waals surface area contributed by atoms with E-state index in [1.807, 2.05) is 0 Å². The summed E-state index contributed by atoms with van der Waals surface area (Å²) in [6.07, 6.45) is 1.09. The molecule has 1 aromatic heterocycles. The molecule has 0 saturated heterocycles. The van der Waals surface area contributed by atoms with Crippen molar-refractivity contribution in [1.82, 2.24) is 10.2 Å².